The molecule has 3 heteroatoms. The van der Waals surface area contributed by atoms with Crippen molar-refractivity contribution < 1.29 is 0 Å². The molecule has 0 aliphatic heterocycles. The van der Waals surface area contributed by atoms with Crippen LogP contribution in [0, 0.1) is 0 Å². The number of rotatable bonds is 7. The van der Waals surface area contributed by atoms with Crippen LogP contribution < -0.4 is 4.90 Å². The summed E-state index contributed by atoms with van der Waals surface area (Å²) in [5.41, 5.74) is 9.66. The topological polar surface area (TPSA) is 21.1 Å². The van der Waals surface area contributed by atoms with E-state index in [4.69, 9.17) is 4.98 Å². The molecule has 7 aromatic rings. The lowest BCUT2D eigenvalue weighted by atomic mass is 10.0. The summed E-state index contributed by atoms with van der Waals surface area (Å²) in [4.78, 5) is 7.62. The predicted molar refractivity (Wildman–Crippen MR) is 175 cm³/mol. The van der Waals surface area contributed by atoms with Gasteiger partial charge in [0.2, 0.25) is 0 Å². The largest absolute Gasteiger partial charge is 0.311 e. The number of hydrogen-bond donors (Lipinski definition) is 0. The molecule has 3 nitrogen and oxygen atoms in total. The summed E-state index contributed by atoms with van der Waals surface area (Å²) in [6.45, 7) is 0. The van der Waals surface area contributed by atoms with Crippen molar-refractivity contribution in [1.29, 1.82) is 0 Å². The van der Waals surface area contributed by atoms with Crippen LogP contribution in [0.15, 0.2) is 176 Å². The van der Waals surface area contributed by atoms with Crippen molar-refractivity contribution in [3.8, 4) is 39.6 Å². The van der Waals surface area contributed by atoms with E-state index in [0.29, 0.717) is 0 Å². The molecule has 0 aliphatic rings. The monoisotopic (exact) mass is 539 g/mol. The Kier molecular flexibility index (Phi) is 6.89. The fraction of sp³-hybridized carbons (Fsp3) is 0. The van der Waals surface area contributed by atoms with Gasteiger partial charge < -0.3 is 4.90 Å². The zero-order chi connectivity index (χ0) is 28.1. The van der Waals surface area contributed by atoms with Crippen LogP contribution in [0.25, 0.3) is 39.6 Å². The van der Waals surface area contributed by atoms with Crippen LogP contribution in [0.2, 0.25) is 0 Å². The molecule has 0 aliphatic carbocycles. The minimum Gasteiger partial charge on any atom is -0.311 e. The van der Waals surface area contributed by atoms with Crippen LogP contribution >= 0.6 is 0 Å². The van der Waals surface area contributed by atoms with Crippen molar-refractivity contribution in [1.82, 2.24) is 9.55 Å². The van der Waals surface area contributed by atoms with Gasteiger partial charge in [-0.2, -0.15) is 0 Å². The predicted octanol–water partition coefficient (Wildman–Crippen LogP) is 10.3. The standard InChI is InChI=1S/C39H29N3/c1-6-16-30(17-7-1)37-38(31-18-8-2-9-19-31)42(35-24-14-5-15-25-35)39(40-37)32-26-28-36(29-27-32)41(33-20-10-3-11-21-33)34-22-12-4-13-23-34/h1-29H. The van der Waals surface area contributed by atoms with Gasteiger partial charge in [0.15, 0.2) is 0 Å². The molecule has 0 N–H and O–H groups in total. The van der Waals surface area contributed by atoms with Crippen LogP contribution in [0.4, 0.5) is 17.1 Å². The smallest absolute Gasteiger partial charge is 0.145 e. The Labute approximate surface area is 246 Å². The highest BCUT2D eigenvalue weighted by Gasteiger charge is 2.22. The molecule has 0 amide bonds. The summed E-state index contributed by atoms with van der Waals surface area (Å²) >= 11 is 0. The molecule has 6 aromatic carbocycles. The second kappa shape index (κ2) is 11.4. The molecule has 200 valence electrons. The van der Waals surface area contributed by atoms with E-state index < -0.39 is 0 Å². The van der Waals surface area contributed by atoms with Crippen LogP contribution in [-0.2, 0) is 0 Å². The molecule has 1 aromatic heterocycles. The second-order valence-corrected chi connectivity index (χ2v) is 10.1. The van der Waals surface area contributed by atoms with Crippen LogP contribution in [0.3, 0.4) is 0 Å². The number of nitrogens with zero attached hydrogens (tertiary/aromatic N) is 3. The third-order valence-corrected chi connectivity index (χ3v) is 7.40. The summed E-state index contributed by atoms with van der Waals surface area (Å²) in [5, 5.41) is 0. The Bertz CT molecular complexity index is 1840. The van der Waals surface area contributed by atoms with Gasteiger partial charge in [-0.25, -0.2) is 4.98 Å². The van der Waals surface area contributed by atoms with Crippen molar-refractivity contribution >= 4 is 17.1 Å². The minimum atomic E-state index is 0.899. The molecular weight excluding hydrogens is 510 g/mol. The maximum atomic E-state index is 5.34. The average molecular weight is 540 g/mol. The van der Waals surface area contributed by atoms with E-state index in [1.807, 2.05) is 18.2 Å². The van der Waals surface area contributed by atoms with Gasteiger partial charge in [-0.15, -0.1) is 0 Å². The molecule has 1 heterocycles. The van der Waals surface area contributed by atoms with Gasteiger partial charge in [-0.1, -0.05) is 115 Å². The molecule has 0 saturated carbocycles. The number of hydrogen-bond acceptors (Lipinski definition) is 2. The van der Waals surface area contributed by atoms with Gasteiger partial charge in [0, 0.05) is 39.4 Å². The molecule has 0 radical (unpaired) electrons. The fourth-order valence-corrected chi connectivity index (χ4v) is 5.46. The van der Waals surface area contributed by atoms with Crippen molar-refractivity contribution in [2.45, 2.75) is 0 Å². The van der Waals surface area contributed by atoms with Crippen molar-refractivity contribution in [2.75, 3.05) is 4.90 Å². The second-order valence-electron chi connectivity index (χ2n) is 10.1. The molecule has 7 rings (SSSR count). The van der Waals surface area contributed by atoms with E-state index in [1.54, 1.807) is 0 Å². The number of imidazole rings is 1. The molecule has 0 bridgehead atoms. The maximum Gasteiger partial charge on any atom is 0.145 e. The minimum absolute atomic E-state index is 0.899. The summed E-state index contributed by atoms with van der Waals surface area (Å²) in [6.07, 6.45) is 0. The van der Waals surface area contributed by atoms with Crippen molar-refractivity contribution in [3.63, 3.8) is 0 Å². The highest BCUT2D eigenvalue weighted by atomic mass is 15.1. The van der Waals surface area contributed by atoms with E-state index in [9.17, 15) is 0 Å². The Morgan fingerprint density at radius 2 is 0.810 bits per heavy atom. The van der Waals surface area contributed by atoms with Crippen LogP contribution in [0.5, 0.6) is 0 Å². The third-order valence-electron chi connectivity index (χ3n) is 7.40. The van der Waals surface area contributed by atoms with Gasteiger partial charge in [-0.05, 0) is 60.7 Å². The number of aromatic nitrogens is 2. The lowest BCUT2D eigenvalue weighted by Gasteiger charge is -2.25. The molecule has 0 unspecified atom stereocenters. The van der Waals surface area contributed by atoms with E-state index >= 15 is 0 Å². The van der Waals surface area contributed by atoms with Gasteiger partial charge in [0.25, 0.3) is 0 Å². The Balaban J connectivity index is 1.42. The SMILES string of the molecule is c1ccc(-c2nc(-c3ccc(N(c4ccccc4)c4ccccc4)cc3)n(-c3ccccc3)c2-c2ccccc2)cc1. The lowest BCUT2D eigenvalue weighted by Crippen LogP contribution is -2.09. The van der Waals surface area contributed by atoms with Gasteiger partial charge >= 0.3 is 0 Å². The zero-order valence-electron chi connectivity index (χ0n) is 23.1. The summed E-state index contributed by atoms with van der Waals surface area (Å²) in [6, 6.07) is 61.2. The van der Waals surface area contributed by atoms with Crippen LogP contribution in [0.1, 0.15) is 0 Å². The first-order chi connectivity index (χ1) is 20.9. The van der Waals surface area contributed by atoms with E-state index in [2.05, 4.69) is 167 Å². The first-order valence-electron chi connectivity index (χ1n) is 14.2. The number of benzene rings is 6. The lowest BCUT2D eigenvalue weighted by molar-refractivity contribution is 1.07. The van der Waals surface area contributed by atoms with E-state index in [-0.39, 0.29) is 0 Å². The van der Waals surface area contributed by atoms with Crippen molar-refractivity contribution in [3.05, 3.63) is 176 Å². The Morgan fingerprint density at radius 1 is 0.381 bits per heavy atom. The fourth-order valence-electron chi connectivity index (χ4n) is 5.46. The highest BCUT2D eigenvalue weighted by molar-refractivity contribution is 5.85. The molecular formula is C39H29N3. The normalized spacial score (nSPS) is 10.9. The average Bonchev–Trinajstić information content (AvgIpc) is 3.48. The molecule has 42 heavy (non-hydrogen) atoms. The summed E-state index contributed by atoms with van der Waals surface area (Å²) < 4.78 is 2.29. The van der Waals surface area contributed by atoms with Crippen LogP contribution in [-0.4, -0.2) is 9.55 Å². The first-order valence-corrected chi connectivity index (χ1v) is 14.2. The summed E-state index contributed by atoms with van der Waals surface area (Å²) in [5.74, 6) is 0.899. The maximum absolute atomic E-state index is 5.34. The van der Waals surface area contributed by atoms with Crippen molar-refractivity contribution in [2.24, 2.45) is 0 Å². The Morgan fingerprint density at radius 3 is 1.33 bits per heavy atom. The first kappa shape index (κ1) is 25.3. The number of para-hydroxylation sites is 3. The highest BCUT2D eigenvalue weighted by Crippen LogP contribution is 2.40. The third kappa shape index (κ3) is 4.89. The number of anilines is 3. The van der Waals surface area contributed by atoms with Gasteiger partial charge in [0.1, 0.15) is 5.82 Å². The molecule has 0 saturated heterocycles. The van der Waals surface area contributed by atoms with E-state index in [1.165, 1.54) is 0 Å². The quantitative estimate of drug-likeness (QED) is 0.201. The Hall–Kier alpha value is -5.67. The molecule has 0 atom stereocenters. The van der Waals surface area contributed by atoms with E-state index in [0.717, 1.165) is 56.7 Å². The molecule has 0 fully saturated rings. The van der Waals surface area contributed by atoms with Gasteiger partial charge in [-0.3, -0.25) is 4.57 Å². The van der Waals surface area contributed by atoms with Gasteiger partial charge in [0.05, 0.1) is 11.4 Å². The zero-order valence-corrected chi connectivity index (χ0v) is 23.1. The summed E-state index contributed by atoms with van der Waals surface area (Å²) in [7, 11) is 0. The molecule has 0 spiro atoms.